The minimum atomic E-state index is 0.982. The van der Waals surface area contributed by atoms with E-state index in [9.17, 15) is 0 Å². The van der Waals surface area contributed by atoms with Gasteiger partial charge in [0.2, 0.25) is 0 Å². The smallest absolute Gasteiger partial charge is 0.137 e. The molecule has 2 aromatic heterocycles. The Bertz CT molecular complexity index is 730. The second kappa shape index (κ2) is 4.76. The molecule has 0 saturated carbocycles. The Morgan fingerprint density at radius 1 is 1.00 bits per heavy atom. The molecular weight excluding hydrogens is 246 g/mol. The summed E-state index contributed by atoms with van der Waals surface area (Å²) in [6.45, 7) is 3.08. The second-order valence-electron chi connectivity index (χ2n) is 5.38. The normalized spacial score (nSPS) is 15.4. The van der Waals surface area contributed by atoms with E-state index < -0.39 is 0 Å². The summed E-state index contributed by atoms with van der Waals surface area (Å²) in [5, 5.41) is 0. The summed E-state index contributed by atoms with van der Waals surface area (Å²) in [5.41, 5.74) is 5.06. The van der Waals surface area contributed by atoms with E-state index in [1.54, 1.807) is 0 Å². The fourth-order valence-electron chi connectivity index (χ4n) is 2.99. The summed E-state index contributed by atoms with van der Waals surface area (Å²) in [7, 11) is 0. The second-order valence-corrected chi connectivity index (χ2v) is 5.38. The first-order valence-corrected chi connectivity index (χ1v) is 7.11. The monoisotopic (exact) mass is 263 g/mol. The third-order valence-corrected chi connectivity index (χ3v) is 4.00. The molecule has 0 unspecified atom stereocenters. The van der Waals surface area contributed by atoms with Gasteiger partial charge in [0.1, 0.15) is 5.65 Å². The predicted molar refractivity (Wildman–Crippen MR) is 79.5 cm³/mol. The van der Waals surface area contributed by atoms with Crippen LogP contribution in [0.4, 0.5) is 0 Å². The van der Waals surface area contributed by atoms with Gasteiger partial charge in [-0.2, -0.15) is 0 Å². The highest BCUT2D eigenvalue weighted by Gasteiger charge is 2.21. The Labute approximate surface area is 118 Å². The maximum atomic E-state index is 4.73. The van der Waals surface area contributed by atoms with E-state index in [2.05, 4.69) is 64.0 Å². The summed E-state index contributed by atoms with van der Waals surface area (Å²) in [4.78, 5) is 7.23. The summed E-state index contributed by atoms with van der Waals surface area (Å²) >= 11 is 0. The number of nitrogens with zero attached hydrogens (tertiary/aromatic N) is 3. The minimum absolute atomic E-state index is 0.982. The minimum Gasteiger partial charge on any atom is -0.302 e. The average molecular weight is 263 g/mol. The van der Waals surface area contributed by atoms with Crippen LogP contribution >= 0.6 is 0 Å². The van der Waals surface area contributed by atoms with Gasteiger partial charge in [-0.15, -0.1) is 0 Å². The zero-order chi connectivity index (χ0) is 13.4. The van der Waals surface area contributed by atoms with Crippen molar-refractivity contribution >= 4 is 5.65 Å². The lowest BCUT2D eigenvalue weighted by molar-refractivity contribution is 0.240. The standard InChI is InChI=1S/C17H17N3/c1-2-6-14(7-3-1)12-19-11-9-15-16(13-19)20-10-5-4-8-17(20)18-15/h1-8,10H,9,11-13H2. The number of fused-ring (bicyclic) bond motifs is 3. The van der Waals surface area contributed by atoms with E-state index in [0.717, 1.165) is 31.7 Å². The highest BCUT2D eigenvalue weighted by Crippen LogP contribution is 2.21. The van der Waals surface area contributed by atoms with Crippen LogP contribution in [0.15, 0.2) is 54.7 Å². The first-order chi connectivity index (χ1) is 9.90. The molecule has 0 aliphatic carbocycles. The molecule has 0 atom stereocenters. The molecule has 0 bridgehead atoms. The van der Waals surface area contributed by atoms with Crippen molar-refractivity contribution < 1.29 is 0 Å². The molecule has 100 valence electrons. The van der Waals surface area contributed by atoms with Crippen LogP contribution < -0.4 is 0 Å². The molecule has 4 rings (SSSR count). The third kappa shape index (κ3) is 2.00. The van der Waals surface area contributed by atoms with Gasteiger partial charge in [-0.1, -0.05) is 36.4 Å². The third-order valence-electron chi connectivity index (χ3n) is 4.00. The largest absolute Gasteiger partial charge is 0.302 e. The van der Waals surface area contributed by atoms with Crippen LogP contribution in [-0.2, 0) is 19.5 Å². The van der Waals surface area contributed by atoms with E-state index >= 15 is 0 Å². The molecule has 3 nitrogen and oxygen atoms in total. The molecule has 0 N–H and O–H groups in total. The molecule has 0 saturated heterocycles. The Kier molecular flexibility index (Phi) is 2.78. The maximum Gasteiger partial charge on any atom is 0.137 e. The zero-order valence-corrected chi connectivity index (χ0v) is 11.4. The van der Waals surface area contributed by atoms with Crippen LogP contribution in [0.2, 0.25) is 0 Å². The molecule has 20 heavy (non-hydrogen) atoms. The van der Waals surface area contributed by atoms with Crippen molar-refractivity contribution in [3.05, 3.63) is 71.7 Å². The Morgan fingerprint density at radius 3 is 2.75 bits per heavy atom. The predicted octanol–water partition coefficient (Wildman–Crippen LogP) is 2.89. The molecule has 1 aliphatic heterocycles. The van der Waals surface area contributed by atoms with Crippen LogP contribution in [0.1, 0.15) is 17.0 Å². The summed E-state index contributed by atoms with van der Waals surface area (Å²) in [6, 6.07) is 16.9. The summed E-state index contributed by atoms with van der Waals surface area (Å²) in [6.07, 6.45) is 3.16. The Balaban J connectivity index is 1.63. The van der Waals surface area contributed by atoms with Crippen LogP contribution in [0.3, 0.4) is 0 Å². The van der Waals surface area contributed by atoms with Gasteiger partial charge in [0.25, 0.3) is 0 Å². The molecule has 3 aromatic rings. The molecule has 1 aliphatic rings. The van der Waals surface area contributed by atoms with Gasteiger partial charge < -0.3 is 4.40 Å². The van der Waals surface area contributed by atoms with E-state index in [1.165, 1.54) is 17.0 Å². The summed E-state index contributed by atoms with van der Waals surface area (Å²) < 4.78 is 2.23. The first-order valence-electron chi connectivity index (χ1n) is 7.11. The zero-order valence-electron chi connectivity index (χ0n) is 11.4. The highest BCUT2D eigenvalue weighted by molar-refractivity contribution is 5.43. The number of benzene rings is 1. The maximum absolute atomic E-state index is 4.73. The molecule has 1 aromatic carbocycles. The van der Waals surface area contributed by atoms with Gasteiger partial charge in [-0.25, -0.2) is 4.98 Å². The number of rotatable bonds is 2. The fraction of sp³-hybridized carbons (Fsp3) is 0.235. The topological polar surface area (TPSA) is 20.5 Å². The summed E-state index contributed by atoms with van der Waals surface area (Å²) in [5.74, 6) is 0. The molecule has 0 fully saturated rings. The van der Waals surface area contributed by atoms with Crippen molar-refractivity contribution in [2.75, 3.05) is 6.54 Å². The number of aromatic nitrogens is 2. The first kappa shape index (κ1) is 11.7. The van der Waals surface area contributed by atoms with Crippen molar-refractivity contribution in [2.45, 2.75) is 19.5 Å². The van der Waals surface area contributed by atoms with Crippen molar-refractivity contribution in [1.29, 1.82) is 0 Å². The lowest BCUT2D eigenvalue weighted by atomic mass is 10.1. The lowest BCUT2D eigenvalue weighted by Gasteiger charge is -2.26. The van der Waals surface area contributed by atoms with Crippen LogP contribution in [0.5, 0.6) is 0 Å². The van der Waals surface area contributed by atoms with Gasteiger partial charge >= 0.3 is 0 Å². The van der Waals surface area contributed by atoms with Crippen LogP contribution in [-0.4, -0.2) is 20.8 Å². The molecule has 0 radical (unpaired) electrons. The van der Waals surface area contributed by atoms with Gasteiger partial charge in [0.05, 0.1) is 11.4 Å². The number of hydrogen-bond acceptors (Lipinski definition) is 2. The number of hydrogen-bond donors (Lipinski definition) is 0. The quantitative estimate of drug-likeness (QED) is 0.708. The van der Waals surface area contributed by atoms with Gasteiger partial charge in [-0.3, -0.25) is 4.90 Å². The molecule has 3 heterocycles. The fourth-order valence-corrected chi connectivity index (χ4v) is 2.99. The van der Waals surface area contributed by atoms with E-state index in [1.807, 2.05) is 0 Å². The highest BCUT2D eigenvalue weighted by atomic mass is 15.2. The van der Waals surface area contributed by atoms with Crippen molar-refractivity contribution in [2.24, 2.45) is 0 Å². The van der Waals surface area contributed by atoms with E-state index in [-0.39, 0.29) is 0 Å². The molecular formula is C17H17N3. The molecule has 0 amide bonds. The molecule has 3 heteroatoms. The van der Waals surface area contributed by atoms with Crippen LogP contribution in [0.25, 0.3) is 5.65 Å². The number of imidazole rings is 1. The van der Waals surface area contributed by atoms with Crippen LogP contribution in [0, 0.1) is 0 Å². The van der Waals surface area contributed by atoms with Gasteiger partial charge in [-0.05, 0) is 17.7 Å². The van der Waals surface area contributed by atoms with E-state index in [0.29, 0.717) is 0 Å². The van der Waals surface area contributed by atoms with Crippen molar-refractivity contribution in [3.8, 4) is 0 Å². The Hall–Kier alpha value is -2.13. The average Bonchev–Trinajstić information content (AvgIpc) is 2.86. The molecule has 0 spiro atoms. The lowest BCUT2D eigenvalue weighted by Crippen LogP contribution is -2.30. The number of pyridine rings is 1. The van der Waals surface area contributed by atoms with E-state index in [4.69, 9.17) is 4.98 Å². The SMILES string of the molecule is c1ccc(CN2CCc3nc4ccccn4c3C2)cc1. The van der Waals surface area contributed by atoms with Crippen molar-refractivity contribution in [1.82, 2.24) is 14.3 Å². The van der Waals surface area contributed by atoms with Crippen molar-refractivity contribution in [3.63, 3.8) is 0 Å². The Morgan fingerprint density at radius 2 is 1.85 bits per heavy atom. The van der Waals surface area contributed by atoms with Gasteiger partial charge in [0.15, 0.2) is 0 Å². The van der Waals surface area contributed by atoms with Gasteiger partial charge in [0, 0.05) is 32.3 Å².